The maximum atomic E-state index is 12.9. The molecule has 1 aromatic rings. The topological polar surface area (TPSA) is 73.9 Å². The SMILES string of the molecule is C=C(CCNC)NCCCC.C=Cc1ccc(N)c(C(=N)C2C=CC(F)=CC2)c1. The van der Waals surface area contributed by atoms with Crippen LogP contribution in [0.25, 0.3) is 6.08 Å². The van der Waals surface area contributed by atoms with Crippen molar-refractivity contribution in [3.63, 3.8) is 0 Å². The number of anilines is 1. The van der Waals surface area contributed by atoms with Crippen LogP contribution in [-0.4, -0.2) is 25.8 Å². The van der Waals surface area contributed by atoms with Crippen molar-refractivity contribution in [2.75, 3.05) is 25.9 Å². The van der Waals surface area contributed by atoms with Crippen molar-refractivity contribution >= 4 is 17.5 Å². The molecule has 0 aliphatic heterocycles. The molecule has 1 aromatic carbocycles. The second kappa shape index (κ2) is 13.5. The minimum atomic E-state index is -0.244. The number of rotatable bonds is 10. The van der Waals surface area contributed by atoms with E-state index in [1.165, 1.54) is 25.0 Å². The van der Waals surface area contributed by atoms with Crippen LogP contribution in [0.5, 0.6) is 0 Å². The minimum absolute atomic E-state index is 0.119. The summed E-state index contributed by atoms with van der Waals surface area (Å²) in [5, 5.41) is 14.6. The number of unbranched alkanes of at least 4 members (excludes halogenated alkanes) is 1. The quantitative estimate of drug-likeness (QED) is 0.248. The summed E-state index contributed by atoms with van der Waals surface area (Å²) in [6, 6.07) is 5.46. The highest BCUT2D eigenvalue weighted by molar-refractivity contribution is 6.05. The van der Waals surface area contributed by atoms with Crippen molar-refractivity contribution < 1.29 is 4.39 Å². The fourth-order valence-electron chi connectivity index (χ4n) is 2.75. The highest BCUT2D eigenvalue weighted by atomic mass is 19.1. The van der Waals surface area contributed by atoms with Gasteiger partial charge in [-0.05, 0) is 56.2 Å². The molecule has 0 heterocycles. The molecule has 1 unspecified atom stereocenters. The van der Waals surface area contributed by atoms with Crippen molar-refractivity contribution in [1.82, 2.24) is 10.6 Å². The van der Waals surface area contributed by atoms with E-state index in [-0.39, 0.29) is 11.7 Å². The molecular weight excluding hydrogens is 363 g/mol. The normalized spacial score (nSPS) is 15.0. The lowest BCUT2D eigenvalue weighted by molar-refractivity contribution is 0.643. The summed E-state index contributed by atoms with van der Waals surface area (Å²) in [5.41, 5.74) is 9.63. The van der Waals surface area contributed by atoms with Gasteiger partial charge >= 0.3 is 0 Å². The fourth-order valence-corrected chi connectivity index (χ4v) is 2.75. The fraction of sp³-hybridized carbons (Fsp3) is 0.375. The van der Waals surface area contributed by atoms with Gasteiger partial charge in [0.2, 0.25) is 0 Å². The Labute approximate surface area is 175 Å². The summed E-state index contributed by atoms with van der Waals surface area (Å²) in [6.45, 7) is 11.9. The molecule has 29 heavy (non-hydrogen) atoms. The molecule has 0 amide bonds. The summed E-state index contributed by atoms with van der Waals surface area (Å²) in [7, 11) is 1.96. The number of nitrogens with two attached hydrogens (primary N) is 1. The van der Waals surface area contributed by atoms with Crippen LogP contribution in [0.4, 0.5) is 10.1 Å². The lowest BCUT2D eigenvalue weighted by atomic mass is 9.89. The minimum Gasteiger partial charge on any atom is -0.398 e. The standard InChI is InChI=1S/C15H15FN2.C9H20N2/c1-2-10-3-8-14(17)13(9-10)15(18)11-4-6-12(16)7-5-11;1-4-5-7-11-9(2)6-8-10-3/h2-4,6-9,11,18H,1,5,17H2;10-11H,2,4-8H2,1,3H3. The zero-order chi connectivity index (χ0) is 21.6. The summed E-state index contributed by atoms with van der Waals surface area (Å²) in [5.74, 6) is -0.362. The van der Waals surface area contributed by atoms with Gasteiger partial charge in [-0.3, -0.25) is 0 Å². The van der Waals surface area contributed by atoms with E-state index < -0.39 is 0 Å². The first-order valence-electron chi connectivity index (χ1n) is 10.1. The Morgan fingerprint density at radius 2 is 2.14 bits per heavy atom. The average Bonchev–Trinajstić information content (AvgIpc) is 2.73. The molecule has 1 atom stereocenters. The molecule has 5 heteroatoms. The van der Waals surface area contributed by atoms with Crippen LogP contribution in [0, 0.1) is 11.3 Å². The molecule has 1 aliphatic carbocycles. The molecule has 0 spiro atoms. The zero-order valence-corrected chi connectivity index (χ0v) is 17.7. The number of halogens is 1. The average molecular weight is 399 g/mol. The third kappa shape index (κ3) is 8.92. The molecule has 0 radical (unpaired) electrons. The van der Waals surface area contributed by atoms with Crippen molar-refractivity contribution in [3.05, 3.63) is 72.2 Å². The molecular formula is C24H35FN4. The van der Waals surface area contributed by atoms with Crippen molar-refractivity contribution in [3.8, 4) is 0 Å². The summed E-state index contributed by atoms with van der Waals surface area (Å²) in [6.07, 6.45) is 10.3. The predicted molar refractivity (Wildman–Crippen MR) is 125 cm³/mol. The van der Waals surface area contributed by atoms with Crippen LogP contribution in [0.1, 0.15) is 43.7 Å². The number of benzene rings is 1. The Bertz CT molecular complexity index is 749. The van der Waals surface area contributed by atoms with Crippen LogP contribution < -0.4 is 16.4 Å². The lowest BCUT2D eigenvalue weighted by Crippen LogP contribution is -2.18. The van der Waals surface area contributed by atoms with E-state index >= 15 is 0 Å². The number of nitrogen functional groups attached to an aromatic ring is 1. The first-order valence-corrected chi connectivity index (χ1v) is 10.1. The highest BCUT2D eigenvalue weighted by Gasteiger charge is 2.17. The van der Waals surface area contributed by atoms with E-state index in [0.29, 0.717) is 23.4 Å². The van der Waals surface area contributed by atoms with Gasteiger partial charge in [-0.1, -0.05) is 44.7 Å². The van der Waals surface area contributed by atoms with Gasteiger partial charge < -0.3 is 21.8 Å². The highest BCUT2D eigenvalue weighted by Crippen LogP contribution is 2.25. The summed E-state index contributed by atoms with van der Waals surface area (Å²) < 4.78 is 12.9. The number of hydrogen-bond acceptors (Lipinski definition) is 4. The van der Waals surface area contributed by atoms with Gasteiger partial charge in [0.15, 0.2) is 0 Å². The molecule has 0 bridgehead atoms. The van der Waals surface area contributed by atoms with Gasteiger partial charge in [0.05, 0.1) is 0 Å². The maximum Gasteiger partial charge on any atom is 0.118 e. The predicted octanol–water partition coefficient (Wildman–Crippen LogP) is 5.21. The third-order valence-corrected chi connectivity index (χ3v) is 4.61. The van der Waals surface area contributed by atoms with Gasteiger partial charge in [-0.25, -0.2) is 4.39 Å². The van der Waals surface area contributed by atoms with E-state index in [4.69, 9.17) is 11.1 Å². The van der Waals surface area contributed by atoms with Crippen molar-refractivity contribution in [1.29, 1.82) is 5.41 Å². The van der Waals surface area contributed by atoms with Crippen LogP contribution in [0.15, 0.2) is 61.1 Å². The first-order chi connectivity index (χ1) is 13.9. The summed E-state index contributed by atoms with van der Waals surface area (Å²) in [4.78, 5) is 0. The molecule has 1 aliphatic rings. The second-order valence-electron chi connectivity index (χ2n) is 6.99. The molecule has 0 aromatic heterocycles. The molecule has 5 N–H and O–H groups in total. The van der Waals surface area contributed by atoms with Gasteiger partial charge in [0, 0.05) is 41.7 Å². The van der Waals surface area contributed by atoms with E-state index in [9.17, 15) is 4.39 Å². The Hall–Kier alpha value is -2.66. The second-order valence-corrected chi connectivity index (χ2v) is 6.99. The molecule has 4 nitrogen and oxygen atoms in total. The zero-order valence-electron chi connectivity index (χ0n) is 17.7. The maximum absolute atomic E-state index is 12.9. The van der Waals surface area contributed by atoms with Crippen LogP contribution in [0.2, 0.25) is 0 Å². The van der Waals surface area contributed by atoms with Gasteiger partial charge in [0.1, 0.15) is 5.83 Å². The largest absolute Gasteiger partial charge is 0.398 e. The molecule has 158 valence electrons. The Morgan fingerprint density at radius 1 is 1.38 bits per heavy atom. The molecule has 2 rings (SSSR count). The van der Waals surface area contributed by atoms with Crippen LogP contribution in [0.3, 0.4) is 0 Å². The monoisotopic (exact) mass is 398 g/mol. The van der Waals surface area contributed by atoms with Crippen molar-refractivity contribution in [2.45, 2.75) is 32.6 Å². The van der Waals surface area contributed by atoms with Gasteiger partial charge in [-0.15, -0.1) is 0 Å². The third-order valence-electron chi connectivity index (χ3n) is 4.61. The Balaban J connectivity index is 0.000000331. The smallest absolute Gasteiger partial charge is 0.118 e. The van der Waals surface area contributed by atoms with Gasteiger partial charge in [0.25, 0.3) is 0 Å². The number of allylic oxidation sites excluding steroid dienone is 4. The summed E-state index contributed by atoms with van der Waals surface area (Å²) >= 11 is 0. The van der Waals surface area contributed by atoms with E-state index in [1.54, 1.807) is 18.2 Å². The lowest BCUT2D eigenvalue weighted by Gasteiger charge is -2.17. The van der Waals surface area contributed by atoms with Gasteiger partial charge in [-0.2, -0.15) is 0 Å². The van der Waals surface area contributed by atoms with E-state index in [2.05, 4.69) is 30.7 Å². The molecule has 0 saturated carbocycles. The Kier molecular flexibility index (Phi) is 11.4. The van der Waals surface area contributed by atoms with Crippen LogP contribution in [-0.2, 0) is 0 Å². The van der Waals surface area contributed by atoms with Crippen LogP contribution >= 0.6 is 0 Å². The molecule has 0 fully saturated rings. The Morgan fingerprint density at radius 3 is 2.72 bits per heavy atom. The molecule has 0 saturated heterocycles. The van der Waals surface area contributed by atoms with E-state index in [0.717, 1.165) is 30.8 Å². The number of hydrogen-bond donors (Lipinski definition) is 4. The number of nitrogens with one attached hydrogen (secondary N) is 3. The van der Waals surface area contributed by atoms with E-state index in [1.807, 2.05) is 19.2 Å². The first kappa shape index (κ1) is 24.4. The van der Waals surface area contributed by atoms with Crippen molar-refractivity contribution in [2.24, 2.45) is 5.92 Å².